The molecule has 1 rings (SSSR count). The number of hydrogen-bond donors (Lipinski definition) is 2. The predicted octanol–water partition coefficient (Wildman–Crippen LogP) is -0.160. The minimum atomic E-state index is 0.0405. The quantitative estimate of drug-likeness (QED) is 0.537. The number of methoxy groups -OCH3 is 1. The highest BCUT2D eigenvalue weighted by molar-refractivity contribution is 4.88. The molecule has 10 heavy (non-hydrogen) atoms. The highest BCUT2D eigenvalue weighted by Gasteiger charge is 2.27. The van der Waals surface area contributed by atoms with E-state index in [-0.39, 0.29) is 18.2 Å². The fourth-order valence-corrected chi connectivity index (χ4v) is 1.49. The second kappa shape index (κ2) is 3.32. The maximum Gasteiger partial charge on any atom is 0.0737 e. The van der Waals surface area contributed by atoms with Gasteiger partial charge >= 0.3 is 0 Å². The van der Waals surface area contributed by atoms with Crippen LogP contribution in [0.3, 0.4) is 0 Å². The molecule has 0 aromatic heterocycles. The Balaban J connectivity index is 2.42. The molecule has 0 aliphatic heterocycles. The first-order chi connectivity index (χ1) is 4.75. The lowest BCUT2D eigenvalue weighted by molar-refractivity contribution is 0.0471. The van der Waals surface area contributed by atoms with Crippen molar-refractivity contribution in [3.63, 3.8) is 0 Å². The summed E-state index contributed by atoms with van der Waals surface area (Å²) in [7, 11) is 1.70. The molecule has 0 aromatic rings. The Kier molecular flexibility index (Phi) is 2.65. The van der Waals surface area contributed by atoms with Crippen molar-refractivity contribution in [3.05, 3.63) is 0 Å². The first kappa shape index (κ1) is 7.98. The van der Waals surface area contributed by atoms with Gasteiger partial charge in [0.2, 0.25) is 0 Å². The van der Waals surface area contributed by atoms with E-state index < -0.39 is 0 Å². The van der Waals surface area contributed by atoms with Crippen LogP contribution < -0.4 is 11.5 Å². The van der Waals surface area contributed by atoms with E-state index in [4.69, 9.17) is 16.2 Å². The highest BCUT2D eigenvalue weighted by Crippen LogP contribution is 2.18. The molecule has 0 radical (unpaired) electrons. The van der Waals surface area contributed by atoms with Crippen molar-refractivity contribution in [2.45, 2.75) is 37.5 Å². The van der Waals surface area contributed by atoms with Crippen LogP contribution in [0.15, 0.2) is 0 Å². The normalized spacial score (nSPS) is 41.7. The van der Waals surface area contributed by atoms with E-state index in [9.17, 15) is 0 Å². The largest absolute Gasteiger partial charge is 0.380 e. The van der Waals surface area contributed by atoms with Crippen LogP contribution in [0.5, 0.6) is 0 Å². The molecule has 0 saturated heterocycles. The van der Waals surface area contributed by atoms with Gasteiger partial charge in [-0.1, -0.05) is 0 Å². The van der Waals surface area contributed by atoms with Crippen LogP contribution in [0.2, 0.25) is 0 Å². The zero-order chi connectivity index (χ0) is 7.56. The SMILES string of the molecule is CO[C@H]1CCC[C@@H](N)[C@H]1N. The van der Waals surface area contributed by atoms with E-state index in [0.29, 0.717) is 0 Å². The van der Waals surface area contributed by atoms with Crippen LogP contribution in [0, 0.1) is 0 Å². The molecular weight excluding hydrogens is 128 g/mol. The van der Waals surface area contributed by atoms with Crippen molar-refractivity contribution in [2.24, 2.45) is 11.5 Å². The van der Waals surface area contributed by atoms with Gasteiger partial charge in [0.25, 0.3) is 0 Å². The van der Waals surface area contributed by atoms with Gasteiger partial charge in [0.15, 0.2) is 0 Å². The van der Waals surface area contributed by atoms with Crippen LogP contribution in [-0.2, 0) is 4.74 Å². The Morgan fingerprint density at radius 3 is 2.50 bits per heavy atom. The molecule has 3 atom stereocenters. The number of nitrogens with two attached hydrogens (primary N) is 2. The van der Waals surface area contributed by atoms with E-state index in [2.05, 4.69) is 0 Å². The maximum absolute atomic E-state index is 5.78. The topological polar surface area (TPSA) is 61.3 Å². The molecule has 0 heterocycles. The van der Waals surface area contributed by atoms with Gasteiger partial charge in [0.05, 0.1) is 6.10 Å². The number of hydrogen-bond acceptors (Lipinski definition) is 3. The van der Waals surface area contributed by atoms with Gasteiger partial charge in [-0.3, -0.25) is 0 Å². The van der Waals surface area contributed by atoms with Crippen LogP contribution >= 0.6 is 0 Å². The second-order valence-electron chi connectivity index (χ2n) is 2.95. The van der Waals surface area contributed by atoms with Gasteiger partial charge in [0.1, 0.15) is 0 Å². The van der Waals surface area contributed by atoms with Crippen molar-refractivity contribution >= 4 is 0 Å². The van der Waals surface area contributed by atoms with Gasteiger partial charge in [-0.05, 0) is 19.3 Å². The summed E-state index contributed by atoms with van der Waals surface area (Å²) in [5, 5.41) is 0. The van der Waals surface area contributed by atoms with Crippen LogP contribution in [0.4, 0.5) is 0 Å². The molecule has 0 unspecified atom stereocenters. The van der Waals surface area contributed by atoms with Crippen LogP contribution in [0.1, 0.15) is 19.3 Å². The Morgan fingerprint density at radius 2 is 2.00 bits per heavy atom. The average molecular weight is 144 g/mol. The van der Waals surface area contributed by atoms with Crippen LogP contribution in [0.25, 0.3) is 0 Å². The summed E-state index contributed by atoms with van der Waals surface area (Å²) < 4.78 is 5.17. The summed E-state index contributed by atoms with van der Waals surface area (Å²) in [5.41, 5.74) is 11.5. The number of ether oxygens (including phenoxy) is 1. The van der Waals surface area contributed by atoms with Crippen molar-refractivity contribution in [3.8, 4) is 0 Å². The summed E-state index contributed by atoms with van der Waals surface area (Å²) in [6.07, 6.45) is 3.43. The molecule has 1 aliphatic carbocycles. The highest BCUT2D eigenvalue weighted by atomic mass is 16.5. The molecule has 1 fully saturated rings. The van der Waals surface area contributed by atoms with Crippen molar-refractivity contribution in [1.29, 1.82) is 0 Å². The third-order valence-electron chi connectivity index (χ3n) is 2.25. The molecule has 4 N–H and O–H groups in total. The summed E-state index contributed by atoms with van der Waals surface area (Å²) in [4.78, 5) is 0. The van der Waals surface area contributed by atoms with E-state index in [1.165, 1.54) is 0 Å². The molecule has 0 amide bonds. The monoisotopic (exact) mass is 144 g/mol. The molecule has 1 saturated carbocycles. The lowest BCUT2D eigenvalue weighted by Crippen LogP contribution is -2.52. The summed E-state index contributed by atoms with van der Waals surface area (Å²) >= 11 is 0. The van der Waals surface area contributed by atoms with Gasteiger partial charge in [-0.15, -0.1) is 0 Å². The maximum atomic E-state index is 5.78. The van der Waals surface area contributed by atoms with Crippen molar-refractivity contribution in [1.82, 2.24) is 0 Å². The Hall–Kier alpha value is -0.120. The Bertz CT molecular complexity index is 108. The molecule has 0 aromatic carbocycles. The standard InChI is InChI=1S/C7H16N2O/c1-10-6-4-2-3-5(8)7(6)9/h5-7H,2-4,8-9H2,1H3/t5-,6+,7-/m1/s1. The molecule has 0 spiro atoms. The Morgan fingerprint density at radius 1 is 1.30 bits per heavy atom. The van der Waals surface area contributed by atoms with E-state index in [0.717, 1.165) is 19.3 Å². The fourth-order valence-electron chi connectivity index (χ4n) is 1.49. The molecule has 0 bridgehead atoms. The van der Waals surface area contributed by atoms with E-state index >= 15 is 0 Å². The predicted molar refractivity (Wildman–Crippen MR) is 40.6 cm³/mol. The summed E-state index contributed by atoms with van der Waals surface area (Å²) in [5.74, 6) is 0. The lowest BCUT2D eigenvalue weighted by atomic mass is 9.89. The third kappa shape index (κ3) is 1.48. The fraction of sp³-hybridized carbons (Fsp3) is 1.00. The molecular formula is C7H16N2O. The van der Waals surface area contributed by atoms with Gasteiger partial charge in [-0.25, -0.2) is 0 Å². The average Bonchev–Trinajstić information content (AvgIpc) is 1.95. The third-order valence-corrected chi connectivity index (χ3v) is 2.25. The summed E-state index contributed by atoms with van der Waals surface area (Å²) in [6, 6.07) is 0.178. The minimum absolute atomic E-state index is 0.0405. The van der Waals surface area contributed by atoms with E-state index in [1.54, 1.807) is 7.11 Å². The second-order valence-corrected chi connectivity index (χ2v) is 2.95. The minimum Gasteiger partial charge on any atom is -0.380 e. The first-order valence-electron chi connectivity index (χ1n) is 3.79. The summed E-state index contributed by atoms with van der Waals surface area (Å²) in [6.45, 7) is 0. The molecule has 3 heteroatoms. The first-order valence-corrected chi connectivity index (χ1v) is 3.79. The zero-order valence-electron chi connectivity index (χ0n) is 6.42. The van der Waals surface area contributed by atoms with Gasteiger partial charge < -0.3 is 16.2 Å². The zero-order valence-corrected chi connectivity index (χ0v) is 6.42. The van der Waals surface area contributed by atoms with Crippen molar-refractivity contribution < 1.29 is 4.74 Å². The molecule has 3 nitrogen and oxygen atoms in total. The van der Waals surface area contributed by atoms with Gasteiger partial charge in [-0.2, -0.15) is 0 Å². The number of rotatable bonds is 1. The molecule has 60 valence electrons. The van der Waals surface area contributed by atoms with Gasteiger partial charge in [0, 0.05) is 19.2 Å². The Labute approximate surface area is 61.7 Å². The van der Waals surface area contributed by atoms with E-state index in [1.807, 2.05) is 0 Å². The molecule has 1 aliphatic rings. The van der Waals surface area contributed by atoms with Crippen LogP contribution in [-0.4, -0.2) is 25.3 Å². The van der Waals surface area contributed by atoms with Crippen molar-refractivity contribution in [2.75, 3.05) is 7.11 Å². The smallest absolute Gasteiger partial charge is 0.0737 e. The lowest BCUT2D eigenvalue weighted by Gasteiger charge is -2.32.